The zero-order valence-electron chi connectivity index (χ0n) is 11.0. The van der Waals surface area contributed by atoms with Crippen molar-refractivity contribution in [2.24, 2.45) is 5.41 Å². The summed E-state index contributed by atoms with van der Waals surface area (Å²) in [5.74, 6) is -0.129. The third-order valence-corrected chi connectivity index (χ3v) is 2.79. The molecule has 0 unspecified atom stereocenters. The van der Waals surface area contributed by atoms with Gasteiger partial charge in [-0.3, -0.25) is 9.59 Å². The average molecular weight is 272 g/mol. The van der Waals surface area contributed by atoms with Crippen molar-refractivity contribution >= 4 is 12.1 Å². The SMILES string of the molecule is CC(C)(C)C(=O)Cc1ccc(C(F)(F)F)cc1C=O. The monoisotopic (exact) mass is 272 g/mol. The van der Waals surface area contributed by atoms with E-state index in [1.54, 1.807) is 20.8 Å². The van der Waals surface area contributed by atoms with Crippen LogP contribution in [0.4, 0.5) is 13.2 Å². The maximum atomic E-state index is 12.5. The fraction of sp³-hybridized carbons (Fsp3) is 0.429. The van der Waals surface area contributed by atoms with E-state index in [1.807, 2.05) is 0 Å². The van der Waals surface area contributed by atoms with E-state index < -0.39 is 17.2 Å². The molecule has 0 N–H and O–H groups in total. The molecule has 0 spiro atoms. The summed E-state index contributed by atoms with van der Waals surface area (Å²) < 4.78 is 37.5. The van der Waals surface area contributed by atoms with Crippen LogP contribution >= 0.6 is 0 Å². The Morgan fingerprint density at radius 3 is 2.21 bits per heavy atom. The molecule has 1 aromatic carbocycles. The van der Waals surface area contributed by atoms with Crippen LogP contribution < -0.4 is 0 Å². The molecule has 0 heterocycles. The van der Waals surface area contributed by atoms with Gasteiger partial charge < -0.3 is 0 Å². The first-order valence-corrected chi connectivity index (χ1v) is 5.74. The average Bonchev–Trinajstić information content (AvgIpc) is 2.26. The van der Waals surface area contributed by atoms with Gasteiger partial charge in [0, 0.05) is 17.4 Å². The highest BCUT2D eigenvalue weighted by atomic mass is 19.4. The van der Waals surface area contributed by atoms with E-state index in [2.05, 4.69) is 0 Å². The second-order valence-electron chi connectivity index (χ2n) is 5.38. The quantitative estimate of drug-likeness (QED) is 0.787. The van der Waals surface area contributed by atoms with Crippen molar-refractivity contribution in [3.8, 4) is 0 Å². The molecule has 0 aliphatic heterocycles. The molecule has 0 aliphatic rings. The highest BCUT2D eigenvalue weighted by Crippen LogP contribution is 2.30. The fourth-order valence-electron chi connectivity index (χ4n) is 1.48. The minimum absolute atomic E-state index is 0.0459. The molecule has 2 nitrogen and oxygen atoms in total. The van der Waals surface area contributed by atoms with E-state index in [0.717, 1.165) is 12.1 Å². The number of hydrogen-bond donors (Lipinski definition) is 0. The Labute approximate surface area is 109 Å². The topological polar surface area (TPSA) is 34.1 Å². The van der Waals surface area contributed by atoms with Gasteiger partial charge in [-0.05, 0) is 17.7 Å². The molecule has 0 aromatic heterocycles. The van der Waals surface area contributed by atoms with Crippen LogP contribution in [0.25, 0.3) is 0 Å². The Kier molecular flexibility index (Phi) is 4.18. The highest BCUT2D eigenvalue weighted by molar-refractivity contribution is 5.88. The lowest BCUT2D eigenvalue weighted by molar-refractivity contribution is -0.137. The zero-order valence-corrected chi connectivity index (χ0v) is 11.0. The van der Waals surface area contributed by atoms with E-state index in [0.29, 0.717) is 11.8 Å². The summed E-state index contributed by atoms with van der Waals surface area (Å²) in [6.07, 6.45) is -4.19. The van der Waals surface area contributed by atoms with Crippen molar-refractivity contribution in [2.75, 3.05) is 0 Å². The summed E-state index contributed by atoms with van der Waals surface area (Å²) >= 11 is 0. The van der Waals surface area contributed by atoms with Gasteiger partial charge >= 0.3 is 6.18 Å². The van der Waals surface area contributed by atoms with Crippen molar-refractivity contribution in [2.45, 2.75) is 33.4 Å². The van der Waals surface area contributed by atoms with Gasteiger partial charge in [-0.15, -0.1) is 0 Å². The lowest BCUT2D eigenvalue weighted by Crippen LogP contribution is -2.22. The number of carbonyl (C=O) groups excluding carboxylic acids is 2. The molecule has 0 amide bonds. The molecule has 0 fully saturated rings. The lowest BCUT2D eigenvalue weighted by atomic mass is 9.86. The number of hydrogen-bond acceptors (Lipinski definition) is 2. The normalized spacial score (nSPS) is 12.3. The Morgan fingerprint density at radius 2 is 1.79 bits per heavy atom. The number of alkyl halides is 3. The molecule has 5 heteroatoms. The summed E-state index contributed by atoms with van der Waals surface area (Å²) in [6.45, 7) is 5.17. The number of halogens is 3. The van der Waals surface area contributed by atoms with Crippen LogP contribution in [-0.4, -0.2) is 12.1 Å². The van der Waals surface area contributed by atoms with Crippen LogP contribution in [0.2, 0.25) is 0 Å². The molecule has 0 aliphatic carbocycles. The number of Topliss-reactive ketones (excluding diaryl/α,β-unsaturated/α-hetero) is 1. The number of aldehydes is 1. The van der Waals surface area contributed by atoms with E-state index in [4.69, 9.17) is 0 Å². The van der Waals surface area contributed by atoms with Crippen molar-refractivity contribution in [3.63, 3.8) is 0 Å². The molecule has 0 saturated heterocycles. The van der Waals surface area contributed by atoms with E-state index in [1.165, 1.54) is 6.07 Å². The second kappa shape index (κ2) is 5.15. The Bertz CT molecular complexity index is 496. The van der Waals surface area contributed by atoms with Gasteiger partial charge in [0.2, 0.25) is 0 Å². The van der Waals surface area contributed by atoms with Crippen LogP contribution in [-0.2, 0) is 17.4 Å². The van der Waals surface area contributed by atoms with Crippen molar-refractivity contribution < 1.29 is 22.8 Å². The Morgan fingerprint density at radius 1 is 1.21 bits per heavy atom. The Hall–Kier alpha value is -1.65. The summed E-state index contributed by atoms with van der Waals surface area (Å²) in [6, 6.07) is 2.85. The van der Waals surface area contributed by atoms with E-state index >= 15 is 0 Å². The van der Waals surface area contributed by atoms with Crippen molar-refractivity contribution in [3.05, 3.63) is 34.9 Å². The molecule has 0 bridgehead atoms. The zero-order chi connectivity index (χ0) is 14.8. The molecular formula is C14H15F3O2. The van der Waals surface area contributed by atoms with Gasteiger partial charge in [0.25, 0.3) is 0 Å². The van der Waals surface area contributed by atoms with Crippen LogP contribution in [0.3, 0.4) is 0 Å². The number of benzene rings is 1. The van der Waals surface area contributed by atoms with Gasteiger partial charge in [0.05, 0.1) is 5.56 Å². The maximum absolute atomic E-state index is 12.5. The first-order chi connectivity index (χ1) is 8.55. The first kappa shape index (κ1) is 15.4. The van der Waals surface area contributed by atoms with Crippen LogP contribution in [0.1, 0.15) is 42.3 Å². The number of ketones is 1. The van der Waals surface area contributed by atoms with Crippen molar-refractivity contribution in [1.29, 1.82) is 0 Å². The summed E-state index contributed by atoms with van der Waals surface area (Å²) in [7, 11) is 0. The van der Waals surface area contributed by atoms with Gasteiger partial charge in [0.1, 0.15) is 12.1 Å². The van der Waals surface area contributed by atoms with Gasteiger partial charge in [-0.2, -0.15) is 13.2 Å². The van der Waals surface area contributed by atoms with Crippen LogP contribution in [0.5, 0.6) is 0 Å². The standard InChI is InChI=1S/C14H15F3O2/c1-13(2,3)12(19)7-9-4-5-11(14(15,16)17)6-10(9)8-18/h4-6,8H,7H2,1-3H3. The molecule has 0 atom stereocenters. The third kappa shape index (κ3) is 3.91. The largest absolute Gasteiger partial charge is 0.416 e. The molecule has 19 heavy (non-hydrogen) atoms. The summed E-state index contributed by atoms with van der Waals surface area (Å²) in [5.41, 5.74) is -1.25. The summed E-state index contributed by atoms with van der Waals surface area (Å²) in [4.78, 5) is 22.7. The molecule has 104 valence electrons. The minimum atomic E-state index is -4.50. The Balaban J connectivity index is 3.11. The molecule has 1 aromatic rings. The molecular weight excluding hydrogens is 257 g/mol. The van der Waals surface area contributed by atoms with Gasteiger partial charge in [-0.25, -0.2) is 0 Å². The minimum Gasteiger partial charge on any atom is -0.299 e. The number of carbonyl (C=O) groups is 2. The van der Waals surface area contributed by atoms with Crippen molar-refractivity contribution in [1.82, 2.24) is 0 Å². The first-order valence-electron chi connectivity index (χ1n) is 5.74. The number of rotatable bonds is 3. The lowest BCUT2D eigenvalue weighted by Gasteiger charge is -2.17. The van der Waals surface area contributed by atoms with Gasteiger partial charge in [0.15, 0.2) is 0 Å². The predicted octanol–water partition coefficient (Wildman–Crippen LogP) is 3.68. The summed E-state index contributed by atoms with van der Waals surface area (Å²) in [5, 5.41) is 0. The van der Waals surface area contributed by atoms with Gasteiger partial charge in [-0.1, -0.05) is 26.8 Å². The fourth-order valence-corrected chi connectivity index (χ4v) is 1.48. The van der Waals surface area contributed by atoms with Crippen LogP contribution in [0.15, 0.2) is 18.2 Å². The maximum Gasteiger partial charge on any atom is 0.416 e. The highest BCUT2D eigenvalue weighted by Gasteiger charge is 2.31. The van der Waals surface area contributed by atoms with Crippen LogP contribution in [0, 0.1) is 5.41 Å². The molecule has 0 saturated carbocycles. The second-order valence-corrected chi connectivity index (χ2v) is 5.38. The smallest absolute Gasteiger partial charge is 0.299 e. The molecule has 0 radical (unpaired) electrons. The van der Waals surface area contributed by atoms with E-state index in [-0.39, 0.29) is 17.8 Å². The van der Waals surface area contributed by atoms with E-state index in [9.17, 15) is 22.8 Å². The molecule has 1 rings (SSSR count). The predicted molar refractivity (Wildman–Crippen MR) is 65.0 cm³/mol. The third-order valence-electron chi connectivity index (χ3n) is 2.79.